The molecule has 1 aromatic rings. The molecule has 0 unspecified atom stereocenters. The van der Waals surface area contributed by atoms with Gasteiger partial charge in [-0.05, 0) is 30.7 Å². The van der Waals surface area contributed by atoms with Gasteiger partial charge < -0.3 is 5.32 Å². The van der Waals surface area contributed by atoms with E-state index in [1.54, 1.807) is 11.8 Å². The highest BCUT2D eigenvalue weighted by Crippen LogP contribution is 2.24. The number of carbonyl (C=O) groups excluding carboxylic acids is 1. The van der Waals surface area contributed by atoms with Crippen LogP contribution in [0.15, 0.2) is 22.7 Å². The maximum atomic E-state index is 11.7. The minimum atomic E-state index is 0.0439. The Bertz CT molecular complexity index is 392. The molecule has 1 amide bonds. The average molecular weight is 316 g/mol. The van der Waals surface area contributed by atoms with Crippen LogP contribution in [0.2, 0.25) is 0 Å². The number of carbonyl (C=O) groups is 1. The summed E-state index contributed by atoms with van der Waals surface area (Å²) in [5.41, 5.74) is 1.97. The van der Waals surface area contributed by atoms with Crippen molar-refractivity contribution in [1.82, 2.24) is 0 Å². The van der Waals surface area contributed by atoms with Crippen molar-refractivity contribution in [2.24, 2.45) is 0 Å². The fourth-order valence-electron chi connectivity index (χ4n) is 1.29. The normalized spacial score (nSPS) is 11.4. The summed E-state index contributed by atoms with van der Waals surface area (Å²) >= 11 is 5.06. The number of benzene rings is 1. The molecule has 0 saturated carbocycles. The molecule has 0 atom stereocenters. The van der Waals surface area contributed by atoms with Crippen LogP contribution in [0.4, 0.5) is 5.69 Å². The van der Waals surface area contributed by atoms with Crippen molar-refractivity contribution in [3.63, 3.8) is 0 Å². The lowest BCUT2D eigenvalue weighted by Crippen LogP contribution is -2.18. The average Bonchev–Trinajstić information content (AvgIpc) is 2.11. The van der Waals surface area contributed by atoms with Crippen LogP contribution >= 0.6 is 27.7 Å². The number of nitrogens with one attached hydrogen (secondary N) is 1. The van der Waals surface area contributed by atoms with E-state index in [0.29, 0.717) is 5.75 Å². The Labute approximate surface area is 116 Å². The summed E-state index contributed by atoms with van der Waals surface area (Å²) in [6.07, 6.45) is 0. The molecule has 4 heteroatoms. The summed E-state index contributed by atoms with van der Waals surface area (Å²) in [6, 6.07) is 5.89. The largest absolute Gasteiger partial charge is 0.325 e. The number of amides is 1. The van der Waals surface area contributed by atoms with E-state index in [-0.39, 0.29) is 10.7 Å². The van der Waals surface area contributed by atoms with Gasteiger partial charge in [-0.15, -0.1) is 11.8 Å². The van der Waals surface area contributed by atoms with Gasteiger partial charge in [-0.2, -0.15) is 0 Å². The molecular formula is C13H18BrNOS. The first-order valence-corrected chi connectivity index (χ1v) is 7.25. The fourth-order valence-corrected chi connectivity index (χ4v) is 2.53. The SMILES string of the molecule is Cc1cc(Br)cc(NC(=O)CSC(C)(C)C)c1. The number of aryl methyl sites for hydroxylation is 1. The zero-order valence-electron chi connectivity index (χ0n) is 10.6. The zero-order valence-corrected chi connectivity index (χ0v) is 13.0. The summed E-state index contributed by atoms with van der Waals surface area (Å²) in [5.74, 6) is 0.525. The van der Waals surface area contributed by atoms with Gasteiger partial charge in [0, 0.05) is 14.9 Å². The van der Waals surface area contributed by atoms with Crippen LogP contribution in [0, 0.1) is 6.92 Å². The molecule has 0 aliphatic heterocycles. The highest BCUT2D eigenvalue weighted by molar-refractivity contribution is 9.10. The lowest BCUT2D eigenvalue weighted by molar-refractivity contribution is -0.113. The number of rotatable bonds is 3. The summed E-state index contributed by atoms with van der Waals surface area (Å²) in [6.45, 7) is 8.32. The van der Waals surface area contributed by atoms with Gasteiger partial charge in [-0.25, -0.2) is 0 Å². The summed E-state index contributed by atoms with van der Waals surface area (Å²) in [4.78, 5) is 11.7. The Kier molecular flexibility index (Phi) is 5.07. The van der Waals surface area contributed by atoms with Crippen LogP contribution in [-0.4, -0.2) is 16.4 Å². The summed E-state index contributed by atoms with van der Waals surface area (Å²) in [5, 5.41) is 2.91. The third-order valence-corrected chi connectivity index (χ3v) is 3.69. The van der Waals surface area contributed by atoms with Crippen molar-refractivity contribution in [3.8, 4) is 0 Å². The lowest BCUT2D eigenvalue weighted by atomic mass is 10.2. The van der Waals surface area contributed by atoms with Crippen molar-refractivity contribution in [2.75, 3.05) is 11.1 Å². The molecule has 0 spiro atoms. The molecule has 0 heterocycles. The van der Waals surface area contributed by atoms with Gasteiger partial charge in [0.1, 0.15) is 0 Å². The van der Waals surface area contributed by atoms with Crippen molar-refractivity contribution < 1.29 is 4.79 Å². The van der Waals surface area contributed by atoms with E-state index in [1.165, 1.54) is 0 Å². The first-order valence-electron chi connectivity index (χ1n) is 5.47. The molecule has 17 heavy (non-hydrogen) atoms. The highest BCUT2D eigenvalue weighted by Gasteiger charge is 2.13. The molecule has 0 fully saturated rings. The maximum Gasteiger partial charge on any atom is 0.234 e. The van der Waals surface area contributed by atoms with E-state index in [4.69, 9.17) is 0 Å². The lowest BCUT2D eigenvalue weighted by Gasteiger charge is -2.17. The van der Waals surface area contributed by atoms with Gasteiger partial charge in [-0.1, -0.05) is 36.7 Å². The second-order valence-corrected chi connectivity index (χ2v) is 7.68. The second kappa shape index (κ2) is 5.91. The molecule has 2 nitrogen and oxygen atoms in total. The van der Waals surface area contributed by atoms with Gasteiger partial charge in [0.25, 0.3) is 0 Å². The topological polar surface area (TPSA) is 29.1 Å². The van der Waals surface area contributed by atoms with Crippen LogP contribution in [0.3, 0.4) is 0 Å². The molecule has 0 saturated heterocycles. The Balaban J connectivity index is 2.56. The number of anilines is 1. The first-order chi connectivity index (χ1) is 7.76. The zero-order chi connectivity index (χ0) is 13.1. The molecule has 0 aliphatic rings. The third-order valence-electron chi connectivity index (χ3n) is 1.96. The van der Waals surface area contributed by atoms with E-state index in [2.05, 4.69) is 42.0 Å². The number of halogens is 1. The fraction of sp³-hybridized carbons (Fsp3) is 0.462. The minimum Gasteiger partial charge on any atom is -0.325 e. The van der Waals surface area contributed by atoms with Crippen molar-refractivity contribution in [1.29, 1.82) is 0 Å². The Morgan fingerprint density at radius 1 is 1.35 bits per heavy atom. The standard InChI is InChI=1S/C13H18BrNOS/c1-9-5-10(14)7-11(6-9)15-12(16)8-17-13(2,3)4/h5-7H,8H2,1-4H3,(H,15,16). The van der Waals surface area contributed by atoms with E-state index < -0.39 is 0 Å². The molecule has 1 N–H and O–H groups in total. The molecule has 1 rings (SSSR count). The first kappa shape index (κ1) is 14.6. The Morgan fingerprint density at radius 2 is 2.00 bits per heavy atom. The monoisotopic (exact) mass is 315 g/mol. The van der Waals surface area contributed by atoms with Crippen molar-refractivity contribution in [3.05, 3.63) is 28.2 Å². The smallest absolute Gasteiger partial charge is 0.234 e. The summed E-state index contributed by atoms with van der Waals surface area (Å²) in [7, 11) is 0. The van der Waals surface area contributed by atoms with Crippen LogP contribution in [0.25, 0.3) is 0 Å². The van der Waals surface area contributed by atoms with E-state index in [9.17, 15) is 4.79 Å². The van der Waals surface area contributed by atoms with Crippen molar-refractivity contribution >= 4 is 39.3 Å². The third kappa shape index (κ3) is 6.13. The highest BCUT2D eigenvalue weighted by atomic mass is 79.9. The van der Waals surface area contributed by atoms with Gasteiger partial charge in [0.15, 0.2) is 0 Å². The van der Waals surface area contributed by atoms with E-state index in [0.717, 1.165) is 15.7 Å². The molecular weight excluding hydrogens is 298 g/mol. The second-order valence-electron chi connectivity index (χ2n) is 4.97. The Morgan fingerprint density at radius 3 is 2.53 bits per heavy atom. The van der Waals surface area contributed by atoms with E-state index in [1.807, 2.05) is 25.1 Å². The predicted molar refractivity (Wildman–Crippen MR) is 79.7 cm³/mol. The van der Waals surface area contributed by atoms with Crippen molar-refractivity contribution in [2.45, 2.75) is 32.4 Å². The number of hydrogen-bond donors (Lipinski definition) is 1. The molecule has 0 aromatic heterocycles. The van der Waals surface area contributed by atoms with Gasteiger partial charge in [0.2, 0.25) is 5.91 Å². The van der Waals surface area contributed by atoms with Crippen LogP contribution in [-0.2, 0) is 4.79 Å². The van der Waals surface area contributed by atoms with E-state index >= 15 is 0 Å². The molecule has 0 aliphatic carbocycles. The van der Waals surface area contributed by atoms with Gasteiger partial charge >= 0.3 is 0 Å². The maximum absolute atomic E-state index is 11.7. The predicted octanol–water partition coefficient (Wildman–Crippen LogP) is 4.23. The Hall–Kier alpha value is -0.480. The summed E-state index contributed by atoms with van der Waals surface area (Å²) < 4.78 is 1.10. The molecule has 1 aromatic carbocycles. The molecule has 94 valence electrons. The van der Waals surface area contributed by atoms with Crippen LogP contribution < -0.4 is 5.32 Å². The molecule has 0 radical (unpaired) electrons. The minimum absolute atomic E-state index is 0.0439. The van der Waals surface area contributed by atoms with Crippen LogP contribution in [0.5, 0.6) is 0 Å². The van der Waals surface area contributed by atoms with Crippen LogP contribution in [0.1, 0.15) is 26.3 Å². The quantitative estimate of drug-likeness (QED) is 0.904. The molecule has 0 bridgehead atoms. The van der Waals surface area contributed by atoms with Gasteiger partial charge in [0.05, 0.1) is 5.75 Å². The number of hydrogen-bond acceptors (Lipinski definition) is 2. The van der Waals surface area contributed by atoms with Gasteiger partial charge in [-0.3, -0.25) is 4.79 Å². The number of thioether (sulfide) groups is 1.